The monoisotopic (exact) mass is 487 g/mol. The van der Waals surface area contributed by atoms with E-state index in [0.717, 1.165) is 24.9 Å². The lowest BCUT2D eigenvalue weighted by atomic mass is 10.2. The van der Waals surface area contributed by atoms with Gasteiger partial charge < -0.3 is 5.73 Å². The second kappa shape index (κ2) is 8.51. The van der Waals surface area contributed by atoms with Crippen molar-refractivity contribution in [1.29, 1.82) is 0 Å². The Balaban J connectivity index is 1.49. The smallest absolute Gasteiger partial charge is 0.261 e. The predicted molar refractivity (Wildman–Crippen MR) is 134 cm³/mol. The van der Waals surface area contributed by atoms with E-state index in [9.17, 15) is 9.18 Å². The molecular weight excluding hydrogens is 461 g/mol. The van der Waals surface area contributed by atoms with Crippen LogP contribution in [0, 0.1) is 17.7 Å². The van der Waals surface area contributed by atoms with Crippen molar-refractivity contribution >= 4 is 27.8 Å². The first-order valence-electron chi connectivity index (χ1n) is 12.1. The van der Waals surface area contributed by atoms with Crippen LogP contribution in [0.25, 0.3) is 33.2 Å². The van der Waals surface area contributed by atoms with Crippen LogP contribution in [0.5, 0.6) is 0 Å². The average molecular weight is 488 g/mol. The molecule has 2 N–H and O–H groups in total. The lowest BCUT2D eigenvalue weighted by Crippen LogP contribution is -2.28. The Labute approximate surface area is 205 Å². The SMILES string of the molecule is CC(C)Cn1cc(-c2nn(Cc3nc4ccc(F)cc4c(=O)n3CC3CC3)c3ncnc(N)c23)cn1. The molecule has 5 aromatic rings. The van der Waals surface area contributed by atoms with Crippen LogP contribution in [0.4, 0.5) is 10.2 Å². The normalized spacial score (nSPS) is 13.9. The van der Waals surface area contributed by atoms with Crippen LogP contribution in [-0.2, 0) is 19.6 Å². The van der Waals surface area contributed by atoms with Crippen LogP contribution in [0.3, 0.4) is 0 Å². The van der Waals surface area contributed by atoms with E-state index in [-0.39, 0.29) is 17.5 Å². The van der Waals surface area contributed by atoms with Gasteiger partial charge in [-0.05, 0) is 42.9 Å². The molecule has 1 aromatic carbocycles. The molecule has 4 aromatic heterocycles. The first-order chi connectivity index (χ1) is 17.4. The molecule has 1 aliphatic rings. The molecule has 184 valence electrons. The van der Waals surface area contributed by atoms with E-state index in [2.05, 4.69) is 28.9 Å². The van der Waals surface area contributed by atoms with Gasteiger partial charge in [0.05, 0.1) is 22.5 Å². The van der Waals surface area contributed by atoms with Crippen molar-refractivity contribution in [2.75, 3.05) is 5.73 Å². The Morgan fingerprint density at radius 3 is 2.83 bits per heavy atom. The van der Waals surface area contributed by atoms with Crippen molar-refractivity contribution in [2.24, 2.45) is 11.8 Å². The fourth-order valence-electron chi connectivity index (χ4n) is 4.54. The molecule has 0 aliphatic heterocycles. The molecule has 0 saturated heterocycles. The van der Waals surface area contributed by atoms with E-state index in [0.29, 0.717) is 52.3 Å². The summed E-state index contributed by atoms with van der Waals surface area (Å²) in [5.74, 6) is 1.25. The van der Waals surface area contributed by atoms with Crippen LogP contribution in [0.2, 0.25) is 0 Å². The van der Waals surface area contributed by atoms with E-state index < -0.39 is 5.82 Å². The van der Waals surface area contributed by atoms with Crippen LogP contribution >= 0.6 is 0 Å². The highest BCUT2D eigenvalue weighted by Gasteiger charge is 2.26. The zero-order valence-electron chi connectivity index (χ0n) is 20.1. The van der Waals surface area contributed by atoms with Gasteiger partial charge in [0.15, 0.2) is 5.65 Å². The van der Waals surface area contributed by atoms with Crippen molar-refractivity contribution < 1.29 is 4.39 Å². The van der Waals surface area contributed by atoms with Crippen molar-refractivity contribution in [3.63, 3.8) is 0 Å². The molecule has 36 heavy (non-hydrogen) atoms. The minimum atomic E-state index is -0.458. The third-order valence-corrected chi connectivity index (χ3v) is 6.44. The molecule has 0 atom stereocenters. The highest BCUT2D eigenvalue weighted by Crippen LogP contribution is 2.32. The summed E-state index contributed by atoms with van der Waals surface area (Å²) in [6.45, 7) is 5.77. The Kier molecular flexibility index (Phi) is 5.27. The van der Waals surface area contributed by atoms with Gasteiger partial charge in [0.25, 0.3) is 5.56 Å². The molecule has 1 saturated carbocycles. The van der Waals surface area contributed by atoms with Crippen LogP contribution in [-0.4, -0.2) is 39.1 Å². The Hall–Kier alpha value is -4.15. The number of benzene rings is 1. The Bertz CT molecular complexity index is 1660. The molecule has 0 spiro atoms. The number of aromatic nitrogens is 8. The first kappa shape index (κ1) is 22.3. The molecule has 6 rings (SSSR count). The third kappa shape index (κ3) is 4.00. The van der Waals surface area contributed by atoms with Crippen LogP contribution in [0.15, 0.2) is 41.7 Å². The number of nitrogens with two attached hydrogens (primary N) is 1. The number of nitrogens with zero attached hydrogens (tertiary/aromatic N) is 8. The average Bonchev–Trinajstić information content (AvgIpc) is 3.42. The van der Waals surface area contributed by atoms with Crippen molar-refractivity contribution in [3.05, 3.63) is 58.9 Å². The number of hydrogen-bond acceptors (Lipinski definition) is 7. The zero-order valence-corrected chi connectivity index (χ0v) is 20.1. The minimum absolute atomic E-state index is 0.197. The summed E-state index contributed by atoms with van der Waals surface area (Å²) in [6.07, 6.45) is 7.21. The Morgan fingerprint density at radius 1 is 1.22 bits per heavy atom. The highest BCUT2D eigenvalue weighted by molar-refractivity contribution is 5.98. The second-order valence-electron chi connectivity index (χ2n) is 9.86. The lowest BCUT2D eigenvalue weighted by molar-refractivity contribution is 0.483. The zero-order chi connectivity index (χ0) is 25.0. The van der Waals surface area contributed by atoms with Gasteiger partial charge in [0.1, 0.15) is 36.0 Å². The van der Waals surface area contributed by atoms with Gasteiger partial charge in [-0.1, -0.05) is 13.8 Å². The molecule has 0 unspecified atom stereocenters. The van der Waals surface area contributed by atoms with E-state index in [1.807, 2.05) is 10.9 Å². The Morgan fingerprint density at radius 2 is 2.06 bits per heavy atom. The maximum absolute atomic E-state index is 13.9. The predicted octanol–water partition coefficient (Wildman–Crippen LogP) is 3.24. The lowest BCUT2D eigenvalue weighted by Gasteiger charge is -2.13. The second-order valence-corrected chi connectivity index (χ2v) is 9.86. The molecule has 0 bridgehead atoms. The minimum Gasteiger partial charge on any atom is -0.383 e. The summed E-state index contributed by atoms with van der Waals surface area (Å²) >= 11 is 0. The van der Waals surface area contributed by atoms with Gasteiger partial charge in [-0.2, -0.15) is 10.2 Å². The van der Waals surface area contributed by atoms with Crippen molar-refractivity contribution in [2.45, 2.75) is 46.3 Å². The molecule has 1 fully saturated rings. The summed E-state index contributed by atoms with van der Waals surface area (Å²) in [5, 5.41) is 10.2. The topological polar surface area (TPSA) is 122 Å². The standard InChI is InChI=1S/C25H26FN9O/c1-14(2)9-33-11-16(8-30-33)22-21-23(27)28-13-29-24(21)35(32-22)12-20-31-19-6-5-17(26)7-18(19)25(36)34(20)10-15-3-4-15/h5-8,11,13-15H,3-4,9-10,12H2,1-2H3,(H2,27,28,29). The summed E-state index contributed by atoms with van der Waals surface area (Å²) in [7, 11) is 0. The highest BCUT2D eigenvalue weighted by atomic mass is 19.1. The van der Waals surface area contributed by atoms with E-state index >= 15 is 0 Å². The molecule has 4 heterocycles. The molecule has 10 nitrogen and oxygen atoms in total. The molecular formula is C25H26FN9O. The van der Waals surface area contributed by atoms with Crippen molar-refractivity contribution in [1.82, 2.24) is 39.1 Å². The molecule has 0 radical (unpaired) electrons. The first-order valence-corrected chi connectivity index (χ1v) is 12.1. The van der Waals surface area contributed by atoms with Gasteiger partial charge >= 0.3 is 0 Å². The number of fused-ring (bicyclic) bond motifs is 2. The molecule has 11 heteroatoms. The summed E-state index contributed by atoms with van der Waals surface area (Å²) in [4.78, 5) is 26.7. The largest absolute Gasteiger partial charge is 0.383 e. The third-order valence-electron chi connectivity index (χ3n) is 6.44. The fourth-order valence-corrected chi connectivity index (χ4v) is 4.54. The number of nitrogen functional groups attached to an aromatic ring is 1. The van der Waals surface area contributed by atoms with Gasteiger partial charge in [0, 0.05) is 24.8 Å². The fraction of sp³-hybridized carbons (Fsp3) is 0.360. The van der Waals surface area contributed by atoms with Gasteiger partial charge in [-0.3, -0.25) is 14.0 Å². The number of rotatable bonds is 7. The summed E-state index contributed by atoms with van der Waals surface area (Å²) in [5.41, 5.74) is 8.44. The van der Waals surface area contributed by atoms with Gasteiger partial charge in [-0.15, -0.1) is 0 Å². The van der Waals surface area contributed by atoms with E-state index in [1.165, 1.54) is 24.5 Å². The molecule has 1 aliphatic carbocycles. The van der Waals surface area contributed by atoms with Gasteiger partial charge in [-0.25, -0.2) is 24.0 Å². The number of hydrogen-bond donors (Lipinski definition) is 1. The maximum atomic E-state index is 13.9. The summed E-state index contributed by atoms with van der Waals surface area (Å²) in [6, 6.07) is 4.10. The van der Waals surface area contributed by atoms with E-state index in [1.54, 1.807) is 15.4 Å². The van der Waals surface area contributed by atoms with Crippen molar-refractivity contribution in [3.8, 4) is 11.3 Å². The number of anilines is 1. The quantitative estimate of drug-likeness (QED) is 0.374. The summed E-state index contributed by atoms with van der Waals surface area (Å²) < 4.78 is 19.1. The van der Waals surface area contributed by atoms with Crippen LogP contribution in [0.1, 0.15) is 32.5 Å². The maximum Gasteiger partial charge on any atom is 0.261 e. The molecule has 0 amide bonds. The van der Waals surface area contributed by atoms with Gasteiger partial charge in [0.2, 0.25) is 0 Å². The van der Waals surface area contributed by atoms with Crippen LogP contribution < -0.4 is 11.3 Å². The van der Waals surface area contributed by atoms with E-state index in [4.69, 9.17) is 15.8 Å². The number of halogens is 1.